The van der Waals surface area contributed by atoms with Crippen LogP contribution in [0.5, 0.6) is 0 Å². The Hall–Kier alpha value is -3.40. The Kier molecular flexibility index (Phi) is 5.71. The van der Waals surface area contributed by atoms with Gasteiger partial charge in [0, 0.05) is 12.1 Å². The lowest BCUT2D eigenvalue weighted by molar-refractivity contribution is -0.148. The highest BCUT2D eigenvalue weighted by Crippen LogP contribution is 2.35. The molecule has 4 nitrogen and oxygen atoms in total. The first-order valence-corrected chi connectivity index (χ1v) is 9.93. The molecule has 0 saturated heterocycles. The summed E-state index contributed by atoms with van der Waals surface area (Å²) in [4.78, 5) is 20.2. The number of rotatable bonds is 6. The van der Waals surface area contributed by atoms with Crippen LogP contribution in [0.15, 0.2) is 96.0 Å². The van der Waals surface area contributed by atoms with Crippen molar-refractivity contribution in [2.45, 2.75) is 25.6 Å². The van der Waals surface area contributed by atoms with Gasteiger partial charge in [-0.2, -0.15) is 0 Å². The summed E-state index contributed by atoms with van der Waals surface area (Å²) in [7, 11) is 0. The molecule has 0 N–H and O–H groups in total. The molecule has 0 saturated carbocycles. The summed E-state index contributed by atoms with van der Waals surface area (Å²) in [5.41, 5.74) is 3.13. The molecule has 0 aliphatic carbocycles. The fourth-order valence-corrected chi connectivity index (χ4v) is 3.75. The van der Waals surface area contributed by atoms with Crippen LogP contribution in [0, 0.1) is 0 Å². The molecule has 146 valence electrons. The van der Waals surface area contributed by atoms with Gasteiger partial charge in [0.15, 0.2) is 6.04 Å². The molecule has 29 heavy (non-hydrogen) atoms. The van der Waals surface area contributed by atoms with E-state index in [4.69, 9.17) is 9.73 Å². The Morgan fingerprint density at radius 2 is 1.48 bits per heavy atom. The Morgan fingerprint density at radius 1 is 0.897 bits per heavy atom. The van der Waals surface area contributed by atoms with Crippen LogP contribution in [-0.4, -0.2) is 29.4 Å². The number of aliphatic imine (C=N–C) groups is 1. The quantitative estimate of drug-likeness (QED) is 0.582. The highest BCUT2D eigenvalue weighted by atomic mass is 16.5. The van der Waals surface area contributed by atoms with E-state index in [0.29, 0.717) is 13.2 Å². The van der Waals surface area contributed by atoms with E-state index in [9.17, 15) is 4.79 Å². The van der Waals surface area contributed by atoms with E-state index in [2.05, 4.69) is 17.0 Å². The first-order valence-electron chi connectivity index (χ1n) is 9.93. The molecule has 2 atom stereocenters. The van der Waals surface area contributed by atoms with Gasteiger partial charge in [-0.05, 0) is 18.1 Å². The molecular formula is C25H24N2O2. The second-order valence-electron chi connectivity index (χ2n) is 6.98. The van der Waals surface area contributed by atoms with Crippen molar-refractivity contribution in [3.05, 3.63) is 108 Å². The van der Waals surface area contributed by atoms with E-state index in [1.807, 2.05) is 85.8 Å². The molecule has 0 bridgehead atoms. The predicted octanol–water partition coefficient (Wildman–Crippen LogP) is 4.62. The molecule has 0 fully saturated rings. The first kappa shape index (κ1) is 18.9. The summed E-state index contributed by atoms with van der Waals surface area (Å²) < 4.78 is 5.48. The van der Waals surface area contributed by atoms with E-state index in [-0.39, 0.29) is 12.0 Å². The van der Waals surface area contributed by atoms with Crippen molar-refractivity contribution in [1.82, 2.24) is 4.90 Å². The molecule has 0 spiro atoms. The van der Waals surface area contributed by atoms with E-state index in [1.54, 1.807) is 0 Å². The number of benzene rings is 3. The Morgan fingerprint density at radius 3 is 2.10 bits per heavy atom. The van der Waals surface area contributed by atoms with Crippen LogP contribution in [0.25, 0.3) is 0 Å². The van der Waals surface area contributed by atoms with Gasteiger partial charge in [-0.25, -0.2) is 4.79 Å². The molecule has 4 rings (SSSR count). The summed E-state index contributed by atoms with van der Waals surface area (Å²) in [5.74, 6) is 0.577. The topological polar surface area (TPSA) is 41.9 Å². The molecule has 4 heteroatoms. The molecular weight excluding hydrogens is 360 g/mol. The SMILES string of the molecule is CCOC(=O)[C@@H]1[C@H](c2ccccc2)N=C(c2ccccc2)N1Cc1ccccc1. The van der Waals surface area contributed by atoms with Gasteiger partial charge >= 0.3 is 5.97 Å². The van der Waals surface area contributed by atoms with Crippen molar-refractivity contribution < 1.29 is 9.53 Å². The smallest absolute Gasteiger partial charge is 0.331 e. The largest absolute Gasteiger partial charge is 0.464 e. The Balaban J connectivity index is 1.80. The number of amidine groups is 1. The highest BCUT2D eigenvalue weighted by molar-refractivity contribution is 6.03. The van der Waals surface area contributed by atoms with Crippen molar-refractivity contribution >= 4 is 11.8 Å². The third-order valence-corrected chi connectivity index (χ3v) is 5.07. The van der Waals surface area contributed by atoms with Crippen molar-refractivity contribution in [2.75, 3.05) is 6.61 Å². The minimum atomic E-state index is -0.507. The average molecular weight is 384 g/mol. The first-order chi connectivity index (χ1) is 14.3. The van der Waals surface area contributed by atoms with Crippen LogP contribution < -0.4 is 0 Å². The Labute approximate surface area is 171 Å². The summed E-state index contributed by atoms with van der Waals surface area (Å²) in [6.45, 7) is 2.77. The lowest BCUT2D eigenvalue weighted by Gasteiger charge is -2.29. The third-order valence-electron chi connectivity index (χ3n) is 5.07. The van der Waals surface area contributed by atoms with E-state index >= 15 is 0 Å². The summed E-state index contributed by atoms with van der Waals surface area (Å²) >= 11 is 0. The van der Waals surface area contributed by atoms with Gasteiger partial charge in [0.05, 0.1) is 6.61 Å². The van der Waals surface area contributed by atoms with Crippen LogP contribution in [0.3, 0.4) is 0 Å². The number of esters is 1. The minimum absolute atomic E-state index is 0.244. The number of hydrogen-bond donors (Lipinski definition) is 0. The predicted molar refractivity (Wildman–Crippen MR) is 115 cm³/mol. The van der Waals surface area contributed by atoms with Gasteiger partial charge in [0.25, 0.3) is 0 Å². The van der Waals surface area contributed by atoms with Gasteiger partial charge in [-0.3, -0.25) is 4.99 Å². The molecule has 1 aliphatic rings. The molecule has 0 amide bonds. The number of carbonyl (C=O) groups is 1. The normalized spacial score (nSPS) is 18.4. The number of ether oxygens (including phenoxy) is 1. The van der Waals surface area contributed by atoms with Gasteiger partial charge < -0.3 is 9.64 Å². The van der Waals surface area contributed by atoms with Crippen molar-refractivity contribution in [1.29, 1.82) is 0 Å². The van der Waals surface area contributed by atoms with Gasteiger partial charge in [0.1, 0.15) is 11.9 Å². The monoisotopic (exact) mass is 384 g/mol. The van der Waals surface area contributed by atoms with Crippen LogP contribution >= 0.6 is 0 Å². The molecule has 0 aromatic heterocycles. The zero-order chi connectivity index (χ0) is 20.1. The van der Waals surface area contributed by atoms with Crippen LogP contribution in [0.2, 0.25) is 0 Å². The molecule has 1 aliphatic heterocycles. The molecule has 3 aromatic rings. The van der Waals surface area contributed by atoms with Crippen molar-refractivity contribution in [2.24, 2.45) is 4.99 Å². The summed E-state index contributed by atoms with van der Waals surface area (Å²) in [6.07, 6.45) is 0. The second kappa shape index (κ2) is 8.74. The average Bonchev–Trinajstić information content (AvgIpc) is 3.15. The maximum Gasteiger partial charge on any atom is 0.331 e. The zero-order valence-corrected chi connectivity index (χ0v) is 16.4. The highest BCUT2D eigenvalue weighted by Gasteiger charge is 2.43. The van der Waals surface area contributed by atoms with Gasteiger partial charge in [0.2, 0.25) is 0 Å². The number of hydrogen-bond acceptors (Lipinski definition) is 4. The summed E-state index contributed by atoms with van der Waals surface area (Å²) in [5, 5.41) is 0. The van der Waals surface area contributed by atoms with E-state index < -0.39 is 6.04 Å². The number of carbonyl (C=O) groups excluding carboxylic acids is 1. The third kappa shape index (κ3) is 4.06. The second-order valence-corrected chi connectivity index (χ2v) is 6.98. The van der Waals surface area contributed by atoms with Crippen LogP contribution in [-0.2, 0) is 16.1 Å². The van der Waals surface area contributed by atoms with Crippen molar-refractivity contribution in [3.8, 4) is 0 Å². The van der Waals surface area contributed by atoms with E-state index in [1.165, 1.54) is 0 Å². The maximum absolute atomic E-state index is 13.1. The standard InChI is InChI=1S/C25H24N2O2/c1-2-29-25(28)23-22(20-14-8-4-9-15-20)26-24(21-16-10-5-11-17-21)27(23)18-19-12-6-3-7-13-19/h3-17,22-23H,2,18H2,1H3/t22-,23-/m0/s1. The lowest BCUT2D eigenvalue weighted by Crippen LogP contribution is -2.43. The minimum Gasteiger partial charge on any atom is -0.464 e. The van der Waals surface area contributed by atoms with Crippen LogP contribution in [0.4, 0.5) is 0 Å². The Bertz CT molecular complexity index is 971. The van der Waals surface area contributed by atoms with Crippen molar-refractivity contribution in [3.63, 3.8) is 0 Å². The fraction of sp³-hybridized carbons (Fsp3) is 0.200. The zero-order valence-electron chi connectivity index (χ0n) is 16.4. The van der Waals surface area contributed by atoms with Crippen LogP contribution in [0.1, 0.15) is 29.7 Å². The maximum atomic E-state index is 13.1. The van der Waals surface area contributed by atoms with Gasteiger partial charge in [-0.15, -0.1) is 0 Å². The van der Waals surface area contributed by atoms with E-state index in [0.717, 1.165) is 22.5 Å². The summed E-state index contributed by atoms with van der Waals surface area (Å²) in [6, 6.07) is 29.4. The fourth-order valence-electron chi connectivity index (χ4n) is 3.75. The molecule has 0 unspecified atom stereocenters. The lowest BCUT2D eigenvalue weighted by atomic mass is 9.99. The van der Waals surface area contributed by atoms with Gasteiger partial charge in [-0.1, -0.05) is 91.0 Å². The number of nitrogens with zero attached hydrogens (tertiary/aromatic N) is 2. The molecule has 3 aromatic carbocycles. The molecule has 0 radical (unpaired) electrons. The molecule has 1 heterocycles.